The van der Waals surface area contributed by atoms with E-state index in [1.807, 2.05) is 6.07 Å². The third-order valence-electron chi connectivity index (χ3n) is 5.77. The van der Waals surface area contributed by atoms with Crippen molar-refractivity contribution in [2.24, 2.45) is 5.92 Å². The lowest BCUT2D eigenvalue weighted by atomic mass is 9.98. The van der Waals surface area contributed by atoms with Gasteiger partial charge < -0.3 is 9.47 Å². The van der Waals surface area contributed by atoms with E-state index in [1.54, 1.807) is 6.33 Å². The van der Waals surface area contributed by atoms with E-state index in [1.165, 1.54) is 24.0 Å². The van der Waals surface area contributed by atoms with Crippen LogP contribution in [0.4, 0.5) is 5.82 Å². The average molecular weight is 368 g/mol. The summed E-state index contributed by atoms with van der Waals surface area (Å²) < 4.78 is 2.19. The van der Waals surface area contributed by atoms with Crippen LogP contribution in [0.3, 0.4) is 0 Å². The average Bonchev–Trinajstić information content (AvgIpc) is 3.16. The molecule has 0 aliphatic carbocycles. The van der Waals surface area contributed by atoms with Gasteiger partial charge in [-0.3, -0.25) is 0 Å². The van der Waals surface area contributed by atoms with Crippen LogP contribution < -0.4 is 4.90 Å². The van der Waals surface area contributed by atoms with Crippen molar-refractivity contribution in [3.8, 4) is 16.8 Å². The SMILES string of the molecule is CC1CCN(c2ncnc3c2c(-c2ccccc2)cn3-c2ccccc2)CC1. The number of nitrogens with zero attached hydrogens (tertiary/aromatic N) is 4. The molecule has 140 valence electrons. The van der Waals surface area contributed by atoms with E-state index in [4.69, 9.17) is 9.97 Å². The van der Waals surface area contributed by atoms with E-state index in [9.17, 15) is 0 Å². The Hall–Kier alpha value is -3.14. The Morgan fingerprint density at radius 1 is 0.857 bits per heavy atom. The third kappa shape index (κ3) is 2.95. The quantitative estimate of drug-likeness (QED) is 0.490. The molecule has 0 amide bonds. The molecule has 2 aromatic heterocycles. The first-order chi connectivity index (χ1) is 13.8. The van der Waals surface area contributed by atoms with E-state index < -0.39 is 0 Å². The van der Waals surface area contributed by atoms with Gasteiger partial charge in [-0.25, -0.2) is 9.97 Å². The summed E-state index contributed by atoms with van der Waals surface area (Å²) in [7, 11) is 0. The van der Waals surface area contributed by atoms with Gasteiger partial charge in [-0.05, 0) is 36.5 Å². The maximum atomic E-state index is 4.75. The van der Waals surface area contributed by atoms with Gasteiger partial charge in [0, 0.05) is 30.5 Å². The Morgan fingerprint density at radius 2 is 1.54 bits per heavy atom. The Morgan fingerprint density at radius 3 is 2.25 bits per heavy atom. The molecule has 4 aromatic rings. The molecule has 1 aliphatic heterocycles. The highest BCUT2D eigenvalue weighted by Gasteiger charge is 2.23. The largest absolute Gasteiger partial charge is 0.356 e. The highest BCUT2D eigenvalue weighted by Crippen LogP contribution is 2.37. The van der Waals surface area contributed by atoms with Gasteiger partial charge >= 0.3 is 0 Å². The van der Waals surface area contributed by atoms with Crippen molar-refractivity contribution in [2.75, 3.05) is 18.0 Å². The molecule has 4 heteroatoms. The molecule has 0 spiro atoms. The number of rotatable bonds is 3. The second kappa shape index (κ2) is 7.12. The lowest BCUT2D eigenvalue weighted by Gasteiger charge is -2.31. The molecule has 0 N–H and O–H groups in total. The molecule has 1 saturated heterocycles. The zero-order valence-electron chi connectivity index (χ0n) is 16.1. The molecule has 0 atom stereocenters. The number of aromatic nitrogens is 3. The van der Waals surface area contributed by atoms with Crippen LogP contribution in [0, 0.1) is 5.92 Å². The second-order valence-electron chi connectivity index (χ2n) is 7.68. The monoisotopic (exact) mass is 368 g/mol. The predicted octanol–water partition coefficient (Wildman–Crippen LogP) is 5.32. The van der Waals surface area contributed by atoms with Crippen molar-refractivity contribution in [2.45, 2.75) is 19.8 Å². The highest BCUT2D eigenvalue weighted by atomic mass is 15.2. The molecule has 0 unspecified atom stereocenters. The number of benzene rings is 2. The number of anilines is 1. The zero-order valence-corrected chi connectivity index (χ0v) is 16.1. The first-order valence-electron chi connectivity index (χ1n) is 10.0. The van der Waals surface area contributed by atoms with Crippen molar-refractivity contribution in [1.82, 2.24) is 14.5 Å². The van der Waals surface area contributed by atoms with E-state index >= 15 is 0 Å². The fourth-order valence-electron chi connectivity index (χ4n) is 4.13. The molecule has 4 nitrogen and oxygen atoms in total. The summed E-state index contributed by atoms with van der Waals surface area (Å²) in [5.74, 6) is 1.85. The standard InChI is InChI=1S/C24H24N4/c1-18-12-14-27(15-13-18)23-22-21(19-8-4-2-5-9-19)16-28(24(22)26-17-25-23)20-10-6-3-7-11-20/h2-11,16-18H,12-15H2,1H3. The summed E-state index contributed by atoms with van der Waals surface area (Å²) in [5, 5.41) is 1.15. The smallest absolute Gasteiger partial charge is 0.150 e. The van der Waals surface area contributed by atoms with Crippen LogP contribution in [0.15, 0.2) is 73.2 Å². The first-order valence-corrected chi connectivity index (χ1v) is 10.0. The van der Waals surface area contributed by atoms with Crippen LogP contribution >= 0.6 is 0 Å². The topological polar surface area (TPSA) is 34.0 Å². The van der Waals surface area contributed by atoms with Gasteiger partial charge in [0.05, 0.1) is 5.39 Å². The Labute approximate surface area is 165 Å². The minimum absolute atomic E-state index is 0.788. The minimum Gasteiger partial charge on any atom is -0.356 e. The van der Waals surface area contributed by atoms with Crippen molar-refractivity contribution < 1.29 is 0 Å². The van der Waals surface area contributed by atoms with Gasteiger partial charge in [0.2, 0.25) is 0 Å². The van der Waals surface area contributed by atoms with Crippen molar-refractivity contribution in [3.05, 3.63) is 73.2 Å². The van der Waals surface area contributed by atoms with Crippen molar-refractivity contribution >= 4 is 16.9 Å². The zero-order chi connectivity index (χ0) is 18.9. The van der Waals surface area contributed by atoms with Crippen LogP contribution in [0.5, 0.6) is 0 Å². The number of fused-ring (bicyclic) bond motifs is 1. The van der Waals surface area contributed by atoms with Crippen molar-refractivity contribution in [3.63, 3.8) is 0 Å². The van der Waals surface area contributed by atoms with Gasteiger partial charge in [-0.1, -0.05) is 55.5 Å². The van der Waals surface area contributed by atoms with E-state index in [-0.39, 0.29) is 0 Å². The highest BCUT2D eigenvalue weighted by molar-refractivity contribution is 6.02. The summed E-state index contributed by atoms with van der Waals surface area (Å²) in [5.41, 5.74) is 4.47. The van der Waals surface area contributed by atoms with E-state index in [2.05, 4.69) is 77.2 Å². The number of hydrogen-bond acceptors (Lipinski definition) is 3. The molecule has 2 aromatic carbocycles. The summed E-state index contributed by atoms with van der Waals surface area (Å²) in [4.78, 5) is 11.9. The Balaban J connectivity index is 1.75. The fraction of sp³-hybridized carbons (Fsp3) is 0.250. The van der Waals surface area contributed by atoms with Crippen LogP contribution in [0.25, 0.3) is 27.8 Å². The number of hydrogen-bond donors (Lipinski definition) is 0. The van der Waals surface area contributed by atoms with Gasteiger partial charge in [-0.15, -0.1) is 0 Å². The molecular weight excluding hydrogens is 344 g/mol. The molecule has 0 bridgehead atoms. The Kier molecular flexibility index (Phi) is 4.32. The van der Waals surface area contributed by atoms with Crippen LogP contribution in [0.1, 0.15) is 19.8 Å². The number of para-hydroxylation sites is 1. The van der Waals surface area contributed by atoms with Crippen LogP contribution in [-0.4, -0.2) is 27.6 Å². The molecule has 1 aliphatic rings. The predicted molar refractivity (Wildman–Crippen MR) is 115 cm³/mol. The van der Waals surface area contributed by atoms with Gasteiger partial charge in [0.15, 0.2) is 5.65 Å². The van der Waals surface area contributed by atoms with Gasteiger partial charge in [0.25, 0.3) is 0 Å². The lowest BCUT2D eigenvalue weighted by Crippen LogP contribution is -2.33. The Bertz CT molecular complexity index is 1080. The maximum absolute atomic E-state index is 4.75. The lowest BCUT2D eigenvalue weighted by molar-refractivity contribution is 0.437. The normalized spacial score (nSPS) is 15.2. The summed E-state index contributed by atoms with van der Waals surface area (Å²) in [6, 6.07) is 21.0. The molecule has 0 saturated carbocycles. The van der Waals surface area contributed by atoms with Crippen LogP contribution in [0.2, 0.25) is 0 Å². The molecular formula is C24H24N4. The van der Waals surface area contributed by atoms with Gasteiger partial charge in [0.1, 0.15) is 12.1 Å². The van der Waals surface area contributed by atoms with Crippen molar-refractivity contribution in [1.29, 1.82) is 0 Å². The number of piperidine rings is 1. The molecule has 0 radical (unpaired) electrons. The minimum atomic E-state index is 0.788. The van der Waals surface area contributed by atoms with Gasteiger partial charge in [-0.2, -0.15) is 0 Å². The molecule has 3 heterocycles. The third-order valence-corrected chi connectivity index (χ3v) is 5.77. The summed E-state index contributed by atoms with van der Waals surface area (Å²) in [6.07, 6.45) is 6.35. The summed E-state index contributed by atoms with van der Waals surface area (Å²) in [6.45, 7) is 4.45. The van der Waals surface area contributed by atoms with E-state index in [0.717, 1.165) is 41.5 Å². The molecule has 1 fully saturated rings. The van der Waals surface area contributed by atoms with Crippen LogP contribution in [-0.2, 0) is 0 Å². The summed E-state index contributed by atoms with van der Waals surface area (Å²) >= 11 is 0. The molecule has 5 rings (SSSR count). The first kappa shape index (κ1) is 17.0. The molecule has 28 heavy (non-hydrogen) atoms. The van der Waals surface area contributed by atoms with E-state index in [0.29, 0.717) is 0 Å². The fourth-order valence-corrected chi connectivity index (χ4v) is 4.13. The second-order valence-corrected chi connectivity index (χ2v) is 7.68. The maximum Gasteiger partial charge on any atom is 0.150 e.